The van der Waals surface area contributed by atoms with Crippen molar-refractivity contribution in [3.8, 4) is 10.6 Å². The molecule has 0 atom stereocenters. The average molecular weight is 422 g/mol. The standard InChI is InChI=1S/C19H11Cl3N2OS/c1-9-7-11(23-10-5-3-2-4-6-10)8-12-16(9)24-17-13(20)14(21)18(25)15(22)19(17)26-12/h2-8,23H,1H3. The molecule has 3 nitrogen and oxygen atoms in total. The number of rotatable bonds is 2. The normalized spacial score (nSPS) is 11.2. The van der Waals surface area contributed by atoms with Crippen molar-refractivity contribution in [2.75, 3.05) is 5.32 Å². The number of nitrogens with one attached hydrogen (secondary N) is 1. The predicted molar refractivity (Wildman–Crippen MR) is 112 cm³/mol. The van der Waals surface area contributed by atoms with Crippen molar-refractivity contribution in [2.24, 2.45) is 0 Å². The summed E-state index contributed by atoms with van der Waals surface area (Å²) in [7, 11) is 0. The molecule has 0 bridgehead atoms. The van der Waals surface area contributed by atoms with Crippen LogP contribution < -0.4 is 10.7 Å². The Bertz CT molecular complexity index is 1180. The number of halogens is 3. The van der Waals surface area contributed by atoms with Crippen LogP contribution in [0.5, 0.6) is 0 Å². The Morgan fingerprint density at radius 2 is 1.69 bits per heavy atom. The van der Waals surface area contributed by atoms with Crippen molar-refractivity contribution in [1.29, 1.82) is 0 Å². The molecule has 2 aliphatic rings. The van der Waals surface area contributed by atoms with Crippen LogP contribution in [0.2, 0.25) is 15.1 Å². The SMILES string of the molecule is Cc1cc(Nc2ccccc2)cc2sc3c(Cl)c(=O)c(Cl)c(Cl)c-3nc12. The fraction of sp³-hybridized carbons (Fsp3) is 0.0526. The Hall–Kier alpha value is -1.85. The van der Waals surface area contributed by atoms with Crippen LogP contribution in [0.15, 0.2) is 47.3 Å². The van der Waals surface area contributed by atoms with E-state index in [-0.39, 0.29) is 15.1 Å². The Morgan fingerprint density at radius 3 is 2.42 bits per heavy atom. The van der Waals surface area contributed by atoms with Crippen molar-refractivity contribution in [3.63, 3.8) is 0 Å². The van der Waals surface area contributed by atoms with Crippen molar-refractivity contribution in [1.82, 2.24) is 4.98 Å². The van der Waals surface area contributed by atoms with Gasteiger partial charge in [-0.1, -0.05) is 53.0 Å². The number of aryl methyl sites for hydroxylation is 1. The van der Waals surface area contributed by atoms with Crippen LogP contribution in [0, 0.1) is 6.92 Å². The zero-order chi connectivity index (χ0) is 18.4. The van der Waals surface area contributed by atoms with E-state index in [0.29, 0.717) is 10.6 Å². The molecule has 0 spiro atoms. The molecule has 4 rings (SSSR count). The van der Waals surface area contributed by atoms with Gasteiger partial charge in [0.25, 0.3) is 0 Å². The van der Waals surface area contributed by atoms with Crippen LogP contribution in [-0.2, 0) is 0 Å². The molecule has 0 aromatic heterocycles. The lowest BCUT2D eigenvalue weighted by Crippen LogP contribution is -2.06. The summed E-state index contributed by atoms with van der Waals surface area (Å²) in [6.07, 6.45) is 0. The van der Waals surface area contributed by atoms with E-state index in [0.717, 1.165) is 27.2 Å². The van der Waals surface area contributed by atoms with Crippen LogP contribution in [-0.4, -0.2) is 4.98 Å². The Kier molecular flexibility index (Phi) is 4.53. The lowest BCUT2D eigenvalue weighted by Gasteiger charge is -2.14. The van der Waals surface area contributed by atoms with Crippen molar-refractivity contribution in [3.05, 3.63) is 73.3 Å². The van der Waals surface area contributed by atoms with E-state index in [1.165, 1.54) is 11.3 Å². The third-order valence-corrected chi connectivity index (χ3v) is 6.41. The van der Waals surface area contributed by atoms with Gasteiger partial charge in [0, 0.05) is 11.4 Å². The molecular formula is C19H11Cl3N2OS. The fourth-order valence-corrected chi connectivity index (χ4v) is 4.70. The number of fused-ring (bicyclic) bond motifs is 2. The molecule has 0 radical (unpaired) electrons. The molecule has 0 amide bonds. The summed E-state index contributed by atoms with van der Waals surface area (Å²) in [5.41, 5.74) is 3.67. The van der Waals surface area contributed by atoms with Crippen molar-refractivity contribution < 1.29 is 0 Å². The summed E-state index contributed by atoms with van der Waals surface area (Å²) >= 11 is 19.8. The van der Waals surface area contributed by atoms with E-state index in [9.17, 15) is 4.79 Å². The van der Waals surface area contributed by atoms with Gasteiger partial charge in [-0.15, -0.1) is 11.3 Å². The Labute approximate surface area is 168 Å². The maximum absolute atomic E-state index is 12.1. The second kappa shape index (κ2) is 6.71. The lowest BCUT2D eigenvalue weighted by atomic mass is 10.1. The summed E-state index contributed by atoms with van der Waals surface area (Å²) in [4.78, 5) is 17.3. The molecule has 0 fully saturated rings. The lowest BCUT2D eigenvalue weighted by molar-refractivity contribution is 1.37. The van der Waals surface area contributed by atoms with Gasteiger partial charge in [0.05, 0.1) is 20.1 Å². The first kappa shape index (κ1) is 17.6. The summed E-state index contributed by atoms with van der Waals surface area (Å²) in [5, 5.41) is 3.46. The monoisotopic (exact) mass is 420 g/mol. The molecule has 1 heterocycles. The summed E-state index contributed by atoms with van der Waals surface area (Å²) in [5.74, 6) is 0. The quantitative estimate of drug-likeness (QED) is 0.287. The minimum Gasteiger partial charge on any atom is -0.355 e. The first-order chi connectivity index (χ1) is 12.5. The minimum atomic E-state index is -0.474. The number of anilines is 2. The zero-order valence-corrected chi connectivity index (χ0v) is 16.5. The van der Waals surface area contributed by atoms with Gasteiger partial charge in [0.1, 0.15) is 15.7 Å². The molecule has 0 saturated carbocycles. The van der Waals surface area contributed by atoms with E-state index in [4.69, 9.17) is 34.8 Å². The predicted octanol–water partition coefficient (Wildman–Crippen LogP) is 6.77. The van der Waals surface area contributed by atoms with E-state index in [1.807, 2.05) is 49.4 Å². The van der Waals surface area contributed by atoms with Gasteiger partial charge in [-0.3, -0.25) is 4.79 Å². The highest BCUT2D eigenvalue weighted by Crippen LogP contribution is 2.42. The van der Waals surface area contributed by atoms with Crippen LogP contribution in [0.3, 0.4) is 0 Å². The maximum atomic E-state index is 12.1. The third-order valence-electron chi connectivity index (χ3n) is 3.98. The number of para-hydroxylation sites is 1. The van der Waals surface area contributed by atoms with E-state index >= 15 is 0 Å². The molecule has 2 aromatic rings. The molecule has 0 saturated heterocycles. The molecule has 7 heteroatoms. The maximum Gasteiger partial charge on any atom is 0.218 e. The Morgan fingerprint density at radius 1 is 0.962 bits per heavy atom. The number of hydrogen-bond donors (Lipinski definition) is 1. The van der Waals surface area contributed by atoms with Crippen LogP contribution in [0.4, 0.5) is 11.4 Å². The van der Waals surface area contributed by atoms with Crippen LogP contribution >= 0.6 is 46.1 Å². The highest BCUT2D eigenvalue weighted by atomic mass is 35.5. The largest absolute Gasteiger partial charge is 0.355 e. The van der Waals surface area contributed by atoms with Crippen molar-refractivity contribution in [2.45, 2.75) is 6.92 Å². The third kappa shape index (κ3) is 2.93. The smallest absolute Gasteiger partial charge is 0.218 e. The number of nitrogens with zero attached hydrogens (tertiary/aromatic N) is 1. The van der Waals surface area contributed by atoms with Gasteiger partial charge in [-0.25, -0.2) is 4.98 Å². The van der Waals surface area contributed by atoms with Crippen molar-refractivity contribution >= 4 is 67.7 Å². The van der Waals surface area contributed by atoms with Gasteiger partial charge < -0.3 is 5.32 Å². The van der Waals surface area contributed by atoms with Crippen LogP contribution in [0.25, 0.3) is 20.8 Å². The second-order valence-electron chi connectivity index (χ2n) is 5.79. The molecule has 130 valence electrons. The molecule has 26 heavy (non-hydrogen) atoms. The Balaban J connectivity index is 1.96. The molecule has 0 unspecified atom stereocenters. The van der Waals surface area contributed by atoms with Gasteiger partial charge >= 0.3 is 0 Å². The van der Waals surface area contributed by atoms with Gasteiger partial charge in [0.15, 0.2) is 0 Å². The minimum absolute atomic E-state index is 0.0490. The van der Waals surface area contributed by atoms with Gasteiger partial charge in [0.2, 0.25) is 5.43 Å². The van der Waals surface area contributed by atoms with Gasteiger partial charge in [-0.2, -0.15) is 0 Å². The topological polar surface area (TPSA) is 42.0 Å². The molecule has 2 aromatic carbocycles. The molecule has 1 N–H and O–H groups in total. The number of benzene rings is 3. The molecular weight excluding hydrogens is 411 g/mol. The second-order valence-corrected chi connectivity index (χ2v) is 7.98. The molecule has 1 aliphatic heterocycles. The van der Waals surface area contributed by atoms with E-state index in [2.05, 4.69) is 10.3 Å². The van der Waals surface area contributed by atoms with E-state index in [1.54, 1.807) is 0 Å². The van der Waals surface area contributed by atoms with E-state index < -0.39 is 5.43 Å². The van der Waals surface area contributed by atoms with Crippen LogP contribution in [0.1, 0.15) is 5.56 Å². The zero-order valence-electron chi connectivity index (χ0n) is 13.4. The number of aromatic nitrogens is 1. The van der Waals surface area contributed by atoms with Gasteiger partial charge in [-0.05, 0) is 36.8 Å². The first-order valence-corrected chi connectivity index (χ1v) is 9.64. The number of hydrogen-bond acceptors (Lipinski definition) is 4. The summed E-state index contributed by atoms with van der Waals surface area (Å²) in [6.45, 7) is 1.98. The summed E-state index contributed by atoms with van der Waals surface area (Å²) in [6, 6.07) is 13.9. The highest BCUT2D eigenvalue weighted by molar-refractivity contribution is 7.22. The first-order valence-electron chi connectivity index (χ1n) is 7.69. The highest BCUT2D eigenvalue weighted by Gasteiger charge is 2.22. The average Bonchev–Trinajstić information content (AvgIpc) is 2.64. The summed E-state index contributed by atoms with van der Waals surface area (Å²) < 4.78 is 0.899. The fourth-order valence-electron chi connectivity index (χ4n) is 2.75. The molecule has 1 aliphatic carbocycles.